The smallest absolute Gasteiger partial charge is 0.109 e. The third kappa shape index (κ3) is 4.64. The third-order valence-electron chi connectivity index (χ3n) is 4.44. The van der Waals surface area contributed by atoms with Gasteiger partial charge in [0.05, 0.1) is 0 Å². The minimum Gasteiger partial charge on any atom is -0.338 e. The Morgan fingerprint density at radius 3 is 2.63 bits per heavy atom. The molecule has 1 unspecified atom stereocenters. The number of imidazole rings is 1. The number of aryl methyl sites for hydroxylation is 1. The van der Waals surface area contributed by atoms with Gasteiger partial charge in [0.25, 0.3) is 0 Å². The van der Waals surface area contributed by atoms with Gasteiger partial charge in [-0.2, -0.15) is 0 Å². The summed E-state index contributed by atoms with van der Waals surface area (Å²) in [6.07, 6.45) is 15.0. The van der Waals surface area contributed by atoms with Crippen molar-refractivity contribution < 1.29 is 0 Å². The van der Waals surface area contributed by atoms with Gasteiger partial charge < -0.3 is 9.88 Å². The minimum absolute atomic E-state index is 0.592. The lowest BCUT2D eigenvalue weighted by molar-refractivity contribution is 0.348. The summed E-state index contributed by atoms with van der Waals surface area (Å²) in [6.45, 7) is 3.26. The van der Waals surface area contributed by atoms with Crippen LogP contribution in [0.4, 0.5) is 0 Å². The van der Waals surface area contributed by atoms with Gasteiger partial charge in [-0.15, -0.1) is 0 Å². The van der Waals surface area contributed by atoms with Gasteiger partial charge in [-0.1, -0.05) is 45.4 Å². The van der Waals surface area contributed by atoms with Gasteiger partial charge in [0, 0.05) is 31.9 Å². The molecule has 2 rings (SSSR count). The number of rotatable bonds is 6. The molecule has 108 valence electrons. The van der Waals surface area contributed by atoms with Crippen LogP contribution in [-0.4, -0.2) is 22.1 Å². The lowest BCUT2D eigenvalue weighted by Crippen LogP contribution is -2.33. The van der Waals surface area contributed by atoms with Crippen LogP contribution in [0.3, 0.4) is 0 Å². The predicted octanol–water partition coefficient (Wildman–Crippen LogP) is 3.30. The van der Waals surface area contributed by atoms with E-state index in [2.05, 4.69) is 28.8 Å². The average molecular weight is 263 g/mol. The molecule has 1 atom stereocenters. The van der Waals surface area contributed by atoms with Crippen LogP contribution in [0.1, 0.15) is 57.7 Å². The first-order valence-electron chi connectivity index (χ1n) is 7.99. The van der Waals surface area contributed by atoms with Crippen molar-refractivity contribution in [2.45, 2.75) is 64.3 Å². The number of aromatic nitrogens is 2. The first-order valence-corrected chi connectivity index (χ1v) is 7.99. The van der Waals surface area contributed by atoms with Crippen LogP contribution in [0.25, 0.3) is 0 Å². The Hall–Kier alpha value is -0.830. The Bertz CT molecular complexity index is 351. The SMILES string of the molecule is CCNC(Cc1nccn1C)CC1CCCCCC1. The summed E-state index contributed by atoms with van der Waals surface area (Å²) < 4.78 is 2.15. The van der Waals surface area contributed by atoms with Crippen molar-refractivity contribution in [3.05, 3.63) is 18.2 Å². The summed E-state index contributed by atoms with van der Waals surface area (Å²) in [7, 11) is 2.09. The highest BCUT2D eigenvalue weighted by Gasteiger charge is 2.19. The van der Waals surface area contributed by atoms with Gasteiger partial charge in [0.2, 0.25) is 0 Å². The zero-order valence-electron chi connectivity index (χ0n) is 12.6. The number of likely N-dealkylation sites (N-methyl/N-ethyl adjacent to an activating group) is 1. The third-order valence-corrected chi connectivity index (χ3v) is 4.44. The second-order valence-corrected chi connectivity index (χ2v) is 6.01. The Balaban J connectivity index is 1.89. The minimum atomic E-state index is 0.592. The fourth-order valence-electron chi connectivity index (χ4n) is 3.34. The molecule has 0 saturated heterocycles. The summed E-state index contributed by atoms with van der Waals surface area (Å²) in [5.41, 5.74) is 0. The van der Waals surface area contributed by atoms with E-state index in [-0.39, 0.29) is 0 Å². The van der Waals surface area contributed by atoms with Crippen molar-refractivity contribution in [2.75, 3.05) is 6.54 Å². The van der Waals surface area contributed by atoms with E-state index in [4.69, 9.17) is 0 Å². The largest absolute Gasteiger partial charge is 0.338 e. The van der Waals surface area contributed by atoms with Crippen molar-refractivity contribution in [3.8, 4) is 0 Å². The quantitative estimate of drug-likeness (QED) is 0.798. The average Bonchev–Trinajstić information content (AvgIpc) is 2.66. The molecular formula is C16H29N3. The van der Waals surface area contributed by atoms with Crippen LogP contribution in [0.5, 0.6) is 0 Å². The van der Waals surface area contributed by atoms with Crippen LogP contribution < -0.4 is 5.32 Å². The Kier molecular flexibility index (Phi) is 5.90. The first kappa shape index (κ1) is 14.6. The van der Waals surface area contributed by atoms with E-state index >= 15 is 0 Å². The standard InChI is InChI=1S/C16H29N3/c1-3-17-15(13-16-18-10-11-19(16)2)12-14-8-6-4-5-7-9-14/h10-11,14-15,17H,3-9,12-13H2,1-2H3. The lowest BCUT2D eigenvalue weighted by atomic mass is 9.91. The topological polar surface area (TPSA) is 29.9 Å². The normalized spacial score (nSPS) is 19.3. The van der Waals surface area contributed by atoms with Crippen LogP contribution in [-0.2, 0) is 13.5 Å². The van der Waals surface area contributed by atoms with Crippen LogP contribution in [0.2, 0.25) is 0 Å². The molecule has 3 heteroatoms. The van der Waals surface area contributed by atoms with E-state index in [1.807, 2.05) is 12.4 Å². The molecule has 0 radical (unpaired) electrons. The summed E-state index contributed by atoms with van der Waals surface area (Å²) in [6, 6.07) is 0.592. The fraction of sp³-hybridized carbons (Fsp3) is 0.812. The highest BCUT2D eigenvalue weighted by molar-refractivity contribution is 4.95. The lowest BCUT2D eigenvalue weighted by Gasteiger charge is -2.23. The summed E-state index contributed by atoms with van der Waals surface area (Å²) in [5, 5.41) is 3.66. The Morgan fingerprint density at radius 1 is 1.32 bits per heavy atom. The van der Waals surface area contributed by atoms with Crippen molar-refractivity contribution in [3.63, 3.8) is 0 Å². The highest BCUT2D eigenvalue weighted by Crippen LogP contribution is 2.27. The van der Waals surface area contributed by atoms with Crippen LogP contribution >= 0.6 is 0 Å². The molecule has 1 aromatic rings. The van der Waals surface area contributed by atoms with Crippen molar-refractivity contribution >= 4 is 0 Å². The molecule has 1 aliphatic rings. The van der Waals surface area contributed by atoms with E-state index in [1.165, 1.54) is 50.8 Å². The first-order chi connectivity index (χ1) is 9.29. The van der Waals surface area contributed by atoms with Gasteiger partial charge in [0.1, 0.15) is 5.82 Å². The molecule has 1 saturated carbocycles. The molecule has 1 aliphatic carbocycles. The molecule has 1 N–H and O–H groups in total. The summed E-state index contributed by atoms with van der Waals surface area (Å²) in [5.74, 6) is 2.13. The van der Waals surface area contributed by atoms with Gasteiger partial charge in [0.15, 0.2) is 0 Å². The maximum absolute atomic E-state index is 4.47. The molecule has 0 amide bonds. The molecule has 0 aliphatic heterocycles. The fourth-order valence-corrected chi connectivity index (χ4v) is 3.34. The molecule has 19 heavy (non-hydrogen) atoms. The molecule has 0 aromatic carbocycles. The van der Waals surface area contributed by atoms with Crippen molar-refractivity contribution in [2.24, 2.45) is 13.0 Å². The maximum atomic E-state index is 4.47. The molecule has 1 aromatic heterocycles. The van der Waals surface area contributed by atoms with Crippen molar-refractivity contribution in [1.29, 1.82) is 0 Å². The van der Waals surface area contributed by atoms with Gasteiger partial charge in [-0.25, -0.2) is 4.98 Å². The molecule has 0 bridgehead atoms. The summed E-state index contributed by atoms with van der Waals surface area (Å²) in [4.78, 5) is 4.47. The van der Waals surface area contributed by atoms with E-state index in [0.29, 0.717) is 6.04 Å². The van der Waals surface area contributed by atoms with Crippen LogP contribution in [0, 0.1) is 5.92 Å². The Morgan fingerprint density at radius 2 is 2.05 bits per heavy atom. The molecular weight excluding hydrogens is 234 g/mol. The zero-order chi connectivity index (χ0) is 13.5. The Labute approximate surface area is 117 Å². The van der Waals surface area contributed by atoms with E-state index < -0.39 is 0 Å². The van der Waals surface area contributed by atoms with Gasteiger partial charge in [-0.05, 0) is 18.9 Å². The zero-order valence-corrected chi connectivity index (χ0v) is 12.6. The number of hydrogen-bond donors (Lipinski definition) is 1. The summed E-state index contributed by atoms with van der Waals surface area (Å²) >= 11 is 0. The van der Waals surface area contributed by atoms with E-state index in [9.17, 15) is 0 Å². The molecule has 1 fully saturated rings. The van der Waals surface area contributed by atoms with Gasteiger partial charge >= 0.3 is 0 Å². The second-order valence-electron chi connectivity index (χ2n) is 6.01. The number of hydrogen-bond acceptors (Lipinski definition) is 2. The second kappa shape index (κ2) is 7.68. The van der Waals surface area contributed by atoms with Crippen molar-refractivity contribution in [1.82, 2.24) is 14.9 Å². The predicted molar refractivity (Wildman–Crippen MR) is 80.2 cm³/mol. The molecule has 1 heterocycles. The van der Waals surface area contributed by atoms with Gasteiger partial charge in [-0.3, -0.25) is 0 Å². The highest BCUT2D eigenvalue weighted by atomic mass is 15.0. The monoisotopic (exact) mass is 263 g/mol. The number of nitrogens with one attached hydrogen (secondary N) is 1. The molecule has 3 nitrogen and oxygen atoms in total. The van der Waals surface area contributed by atoms with Crippen LogP contribution in [0.15, 0.2) is 12.4 Å². The molecule has 0 spiro atoms. The van der Waals surface area contributed by atoms with E-state index in [0.717, 1.165) is 18.9 Å². The number of nitrogens with zero attached hydrogens (tertiary/aromatic N) is 2. The van der Waals surface area contributed by atoms with E-state index in [1.54, 1.807) is 0 Å². The maximum Gasteiger partial charge on any atom is 0.109 e.